The molecule has 6 heteroatoms. The van der Waals surface area contributed by atoms with E-state index in [4.69, 9.17) is 5.11 Å². The summed E-state index contributed by atoms with van der Waals surface area (Å²) < 4.78 is 0. The van der Waals surface area contributed by atoms with Crippen molar-refractivity contribution in [3.8, 4) is 0 Å². The normalized spacial score (nSPS) is 19.2. The minimum atomic E-state index is -0.962. The van der Waals surface area contributed by atoms with Crippen LogP contribution in [0.5, 0.6) is 0 Å². The van der Waals surface area contributed by atoms with Crippen LogP contribution in [0.15, 0.2) is 0 Å². The van der Waals surface area contributed by atoms with Crippen LogP contribution in [0.4, 0.5) is 0 Å². The quantitative estimate of drug-likeness (QED) is 0.828. The maximum absolute atomic E-state index is 12.6. The Bertz CT molecular complexity index is 560. The molecule has 1 atom stereocenters. The second-order valence-corrected chi connectivity index (χ2v) is 7.47. The first-order valence-corrected chi connectivity index (χ1v) is 8.67. The van der Waals surface area contributed by atoms with Gasteiger partial charge in [0.05, 0.1) is 11.7 Å². The zero-order valence-electron chi connectivity index (χ0n) is 13.4. The van der Waals surface area contributed by atoms with E-state index in [1.54, 1.807) is 6.92 Å². The molecule has 1 amide bonds. The number of aromatic carboxylic acids is 1. The highest BCUT2D eigenvalue weighted by Gasteiger charge is 2.34. The first kappa shape index (κ1) is 16.9. The van der Waals surface area contributed by atoms with E-state index in [2.05, 4.69) is 10.3 Å². The Labute approximate surface area is 135 Å². The standard InChI is InChI=1S/C16H24N2O3S/c1-10-12(14(19)20)22-13(17-10)11(2)18-15(21)16(3)8-6-4-5-7-9-16/h11H,4-9H2,1-3H3,(H,18,21)(H,19,20). The van der Waals surface area contributed by atoms with Gasteiger partial charge in [0.15, 0.2) is 0 Å². The fourth-order valence-electron chi connectivity index (χ4n) is 2.97. The molecule has 1 saturated carbocycles. The minimum Gasteiger partial charge on any atom is -0.477 e. The third kappa shape index (κ3) is 3.66. The maximum Gasteiger partial charge on any atom is 0.347 e. The predicted molar refractivity (Wildman–Crippen MR) is 86.2 cm³/mol. The van der Waals surface area contributed by atoms with Gasteiger partial charge >= 0.3 is 5.97 Å². The van der Waals surface area contributed by atoms with Gasteiger partial charge in [-0.25, -0.2) is 9.78 Å². The molecule has 1 fully saturated rings. The summed E-state index contributed by atoms with van der Waals surface area (Å²) in [5.41, 5.74) is 0.196. The van der Waals surface area contributed by atoms with Crippen molar-refractivity contribution in [2.75, 3.05) is 0 Å². The monoisotopic (exact) mass is 324 g/mol. The van der Waals surface area contributed by atoms with Crippen LogP contribution in [-0.4, -0.2) is 22.0 Å². The largest absolute Gasteiger partial charge is 0.477 e. The Kier molecular flexibility index (Phi) is 5.21. The van der Waals surface area contributed by atoms with Crippen LogP contribution < -0.4 is 5.32 Å². The molecule has 1 aliphatic carbocycles. The molecule has 0 bridgehead atoms. The molecule has 1 aromatic heterocycles. The number of amides is 1. The third-order valence-corrected chi connectivity index (χ3v) is 5.81. The van der Waals surface area contributed by atoms with Gasteiger partial charge in [-0.2, -0.15) is 0 Å². The minimum absolute atomic E-state index is 0.0617. The Morgan fingerprint density at radius 1 is 1.27 bits per heavy atom. The molecule has 0 radical (unpaired) electrons. The topological polar surface area (TPSA) is 79.3 Å². The van der Waals surface area contributed by atoms with Crippen molar-refractivity contribution in [1.29, 1.82) is 0 Å². The van der Waals surface area contributed by atoms with E-state index in [0.717, 1.165) is 37.0 Å². The van der Waals surface area contributed by atoms with E-state index in [9.17, 15) is 9.59 Å². The number of carboxylic acid groups (broad SMARTS) is 1. The predicted octanol–water partition coefficient (Wildman–Crippen LogP) is 3.69. The molecule has 1 unspecified atom stereocenters. The lowest BCUT2D eigenvalue weighted by molar-refractivity contribution is -0.131. The van der Waals surface area contributed by atoms with Gasteiger partial charge in [-0.15, -0.1) is 11.3 Å². The second-order valence-electron chi connectivity index (χ2n) is 6.44. The number of hydrogen-bond acceptors (Lipinski definition) is 4. The van der Waals surface area contributed by atoms with Gasteiger partial charge in [-0.1, -0.05) is 32.6 Å². The summed E-state index contributed by atoms with van der Waals surface area (Å²) in [5, 5.41) is 12.8. The molecule has 1 aromatic rings. The van der Waals surface area contributed by atoms with Crippen LogP contribution in [0, 0.1) is 12.3 Å². The van der Waals surface area contributed by atoms with Crippen LogP contribution >= 0.6 is 11.3 Å². The molecule has 22 heavy (non-hydrogen) atoms. The molecule has 2 N–H and O–H groups in total. The molecule has 0 spiro atoms. The van der Waals surface area contributed by atoms with Crippen LogP contribution in [-0.2, 0) is 4.79 Å². The summed E-state index contributed by atoms with van der Waals surface area (Å²) in [4.78, 5) is 28.3. The maximum atomic E-state index is 12.6. The fourth-order valence-corrected chi connectivity index (χ4v) is 3.88. The van der Waals surface area contributed by atoms with Gasteiger partial charge in [-0.3, -0.25) is 4.79 Å². The average molecular weight is 324 g/mol. The van der Waals surface area contributed by atoms with Crippen molar-refractivity contribution in [2.45, 2.75) is 65.3 Å². The van der Waals surface area contributed by atoms with Crippen molar-refractivity contribution in [3.63, 3.8) is 0 Å². The number of thiazole rings is 1. The first-order valence-electron chi connectivity index (χ1n) is 7.85. The number of carbonyl (C=O) groups excluding carboxylic acids is 1. The Morgan fingerprint density at radius 2 is 1.86 bits per heavy atom. The van der Waals surface area contributed by atoms with Gasteiger partial charge in [0.2, 0.25) is 5.91 Å². The van der Waals surface area contributed by atoms with Crippen LogP contribution in [0.1, 0.15) is 78.8 Å². The summed E-state index contributed by atoms with van der Waals surface area (Å²) in [6, 6.07) is -0.260. The molecule has 0 aliphatic heterocycles. The summed E-state index contributed by atoms with van der Waals surface area (Å²) in [5.74, 6) is -0.901. The van der Waals surface area contributed by atoms with Gasteiger partial charge < -0.3 is 10.4 Å². The van der Waals surface area contributed by atoms with Gasteiger partial charge in [0.1, 0.15) is 9.88 Å². The van der Waals surface area contributed by atoms with Gasteiger partial charge in [0.25, 0.3) is 0 Å². The van der Waals surface area contributed by atoms with Crippen molar-refractivity contribution in [2.24, 2.45) is 5.41 Å². The number of carboxylic acids is 1. The van der Waals surface area contributed by atoms with Crippen molar-refractivity contribution < 1.29 is 14.7 Å². The fraction of sp³-hybridized carbons (Fsp3) is 0.688. The number of aryl methyl sites for hydroxylation is 1. The summed E-state index contributed by atoms with van der Waals surface area (Å²) in [6.45, 7) is 5.59. The van der Waals surface area contributed by atoms with Crippen molar-refractivity contribution >= 4 is 23.2 Å². The van der Waals surface area contributed by atoms with Crippen LogP contribution in [0.25, 0.3) is 0 Å². The summed E-state index contributed by atoms with van der Waals surface area (Å²) in [7, 11) is 0. The van der Waals surface area contributed by atoms with E-state index in [0.29, 0.717) is 10.7 Å². The van der Waals surface area contributed by atoms with E-state index >= 15 is 0 Å². The molecule has 122 valence electrons. The molecule has 1 heterocycles. The Hall–Kier alpha value is -1.43. The molecule has 0 aromatic carbocycles. The number of rotatable bonds is 4. The highest BCUT2D eigenvalue weighted by atomic mass is 32.1. The summed E-state index contributed by atoms with van der Waals surface area (Å²) >= 11 is 1.14. The van der Waals surface area contributed by atoms with Crippen molar-refractivity contribution in [1.82, 2.24) is 10.3 Å². The van der Waals surface area contributed by atoms with Gasteiger partial charge in [0, 0.05) is 5.41 Å². The molecule has 2 rings (SSSR count). The van der Waals surface area contributed by atoms with E-state index in [1.165, 1.54) is 12.8 Å². The number of nitrogens with one attached hydrogen (secondary N) is 1. The lowest BCUT2D eigenvalue weighted by Gasteiger charge is -2.28. The highest BCUT2D eigenvalue weighted by Crippen LogP contribution is 2.35. The first-order chi connectivity index (χ1) is 10.3. The molecule has 5 nitrogen and oxygen atoms in total. The van der Waals surface area contributed by atoms with E-state index < -0.39 is 5.97 Å². The molecular formula is C16H24N2O3S. The highest BCUT2D eigenvalue weighted by molar-refractivity contribution is 7.13. The molecule has 0 saturated heterocycles. The lowest BCUT2D eigenvalue weighted by atomic mass is 9.81. The van der Waals surface area contributed by atoms with E-state index in [-0.39, 0.29) is 22.2 Å². The Morgan fingerprint density at radius 3 is 2.36 bits per heavy atom. The smallest absolute Gasteiger partial charge is 0.347 e. The van der Waals surface area contributed by atoms with E-state index in [1.807, 2.05) is 13.8 Å². The van der Waals surface area contributed by atoms with Gasteiger partial charge in [-0.05, 0) is 26.7 Å². The summed E-state index contributed by atoms with van der Waals surface area (Å²) in [6.07, 6.45) is 6.43. The number of aromatic nitrogens is 1. The third-order valence-electron chi connectivity index (χ3n) is 4.48. The zero-order valence-corrected chi connectivity index (χ0v) is 14.3. The number of nitrogens with zero attached hydrogens (tertiary/aromatic N) is 1. The average Bonchev–Trinajstić information content (AvgIpc) is 2.70. The molecular weight excluding hydrogens is 300 g/mol. The number of carbonyl (C=O) groups is 2. The van der Waals surface area contributed by atoms with Crippen molar-refractivity contribution in [3.05, 3.63) is 15.6 Å². The SMILES string of the molecule is Cc1nc(C(C)NC(=O)C2(C)CCCCCC2)sc1C(=O)O. The molecule has 1 aliphatic rings. The van der Waals surface area contributed by atoms with Crippen LogP contribution in [0.3, 0.4) is 0 Å². The Balaban J connectivity index is 2.07. The lowest BCUT2D eigenvalue weighted by Crippen LogP contribution is -2.39. The second kappa shape index (κ2) is 6.77. The van der Waals surface area contributed by atoms with Crippen LogP contribution in [0.2, 0.25) is 0 Å². The number of hydrogen-bond donors (Lipinski definition) is 2. The zero-order chi connectivity index (χ0) is 16.3.